The maximum Gasteiger partial charge on any atom is 0.251 e. The van der Waals surface area contributed by atoms with Crippen LogP contribution in [-0.4, -0.2) is 43.8 Å². The number of hydrogen-bond donors (Lipinski definition) is 2. The van der Waals surface area contributed by atoms with Gasteiger partial charge in [0.25, 0.3) is 5.91 Å². The molecule has 8 heteroatoms. The molecule has 6 nitrogen and oxygen atoms in total. The van der Waals surface area contributed by atoms with Crippen molar-refractivity contribution in [2.45, 2.75) is 62.3 Å². The molecule has 2 aliphatic rings. The van der Waals surface area contributed by atoms with Crippen molar-refractivity contribution in [2.75, 3.05) is 19.6 Å². The molecule has 0 unspecified atom stereocenters. The lowest BCUT2D eigenvalue weighted by atomic mass is 9.97. The largest absolute Gasteiger partial charge is 0.345 e. The molecule has 0 spiro atoms. The first kappa shape index (κ1) is 22.1. The van der Waals surface area contributed by atoms with Gasteiger partial charge in [-0.25, -0.2) is 8.42 Å². The summed E-state index contributed by atoms with van der Waals surface area (Å²) in [5.41, 5.74) is 6.59. The molecular weight excluding hydrogens is 386 g/mol. The summed E-state index contributed by atoms with van der Waals surface area (Å²) in [6.45, 7) is 3.28. The average molecular weight is 416 g/mol. The van der Waals surface area contributed by atoms with Crippen molar-refractivity contribution in [1.29, 1.82) is 0 Å². The van der Waals surface area contributed by atoms with Gasteiger partial charge in [-0.2, -0.15) is 4.31 Å². The van der Waals surface area contributed by atoms with Crippen LogP contribution in [0.15, 0.2) is 23.1 Å². The highest BCUT2D eigenvalue weighted by molar-refractivity contribution is 7.89. The fourth-order valence-electron chi connectivity index (χ4n) is 4.01. The SMILES string of the molecule is Cc1ccc(C(=O)NC2(CN)CCCC2)cc1S(=O)(=O)N1CCCCC1.Cl. The summed E-state index contributed by atoms with van der Waals surface area (Å²) >= 11 is 0. The van der Waals surface area contributed by atoms with E-state index in [0.29, 0.717) is 30.8 Å². The number of halogens is 1. The van der Waals surface area contributed by atoms with Crippen molar-refractivity contribution < 1.29 is 13.2 Å². The summed E-state index contributed by atoms with van der Waals surface area (Å²) in [7, 11) is -3.57. The highest BCUT2D eigenvalue weighted by Crippen LogP contribution is 2.29. The zero-order chi connectivity index (χ0) is 18.8. The van der Waals surface area contributed by atoms with E-state index >= 15 is 0 Å². The van der Waals surface area contributed by atoms with Gasteiger partial charge in [0.1, 0.15) is 0 Å². The summed E-state index contributed by atoms with van der Waals surface area (Å²) in [6, 6.07) is 4.93. The highest BCUT2D eigenvalue weighted by Gasteiger charge is 2.34. The van der Waals surface area contributed by atoms with Gasteiger partial charge in [-0.3, -0.25) is 4.79 Å². The lowest BCUT2D eigenvalue weighted by molar-refractivity contribution is 0.0903. The van der Waals surface area contributed by atoms with Crippen LogP contribution in [-0.2, 0) is 10.0 Å². The number of nitrogens with two attached hydrogens (primary N) is 1. The molecule has 2 fully saturated rings. The van der Waals surface area contributed by atoms with Crippen LogP contribution in [0.3, 0.4) is 0 Å². The first-order valence-electron chi connectivity index (χ1n) is 9.51. The molecule has 1 aliphatic heterocycles. The Bertz CT molecular complexity index is 770. The van der Waals surface area contributed by atoms with Gasteiger partial charge in [-0.15, -0.1) is 12.4 Å². The number of piperidine rings is 1. The number of amides is 1. The number of benzene rings is 1. The van der Waals surface area contributed by atoms with Crippen LogP contribution in [0.1, 0.15) is 60.9 Å². The van der Waals surface area contributed by atoms with Crippen molar-refractivity contribution >= 4 is 28.3 Å². The summed E-state index contributed by atoms with van der Waals surface area (Å²) in [4.78, 5) is 13.0. The summed E-state index contributed by atoms with van der Waals surface area (Å²) < 4.78 is 27.6. The molecule has 3 N–H and O–H groups in total. The fraction of sp³-hybridized carbons (Fsp3) is 0.632. The van der Waals surface area contributed by atoms with Crippen LogP contribution < -0.4 is 11.1 Å². The first-order chi connectivity index (χ1) is 12.4. The zero-order valence-electron chi connectivity index (χ0n) is 15.9. The van der Waals surface area contributed by atoms with Crippen LogP contribution in [0.2, 0.25) is 0 Å². The molecule has 27 heavy (non-hydrogen) atoms. The first-order valence-corrected chi connectivity index (χ1v) is 11.0. The second kappa shape index (κ2) is 8.90. The van der Waals surface area contributed by atoms with Crippen LogP contribution in [0.25, 0.3) is 0 Å². The third-order valence-corrected chi connectivity index (χ3v) is 7.75. The summed E-state index contributed by atoms with van der Waals surface area (Å²) in [5.74, 6) is -0.243. The van der Waals surface area contributed by atoms with E-state index in [1.165, 1.54) is 6.07 Å². The molecule has 3 rings (SSSR count). The summed E-state index contributed by atoms with van der Waals surface area (Å²) in [5, 5.41) is 3.06. The van der Waals surface area contributed by atoms with Crippen molar-refractivity contribution in [1.82, 2.24) is 9.62 Å². The molecule has 1 aromatic carbocycles. The quantitative estimate of drug-likeness (QED) is 0.772. The molecular formula is C19H30ClN3O3S. The normalized spacial score (nSPS) is 20.1. The van der Waals surface area contributed by atoms with Gasteiger partial charge in [0, 0.05) is 25.2 Å². The van der Waals surface area contributed by atoms with Gasteiger partial charge < -0.3 is 11.1 Å². The third-order valence-electron chi connectivity index (χ3n) is 5.71. The monoisotopic (exact) mass is 415 g/mol. The fourth-order valence-corrected chi connectivity index (χ4v) is 5.78. The predicted molar refractivity (Wildman–Crippen MR) is 109 cm³/mol. The molecule has 1 aliphatic carbocycles. The van der Waals surface area contributed by atoms with Gasteiger partial charge in [0.15, 0.2) is 0 Å². The minimum atomic E-state index is -3.57. The molecule has 1 heterocycles. The minimum absolute atomic E-state index is 0. The second-order valence-corrected chi connectivity index (χ2v) is 9.50. The molecule has 1 aromatic rings. The second-order valence-electron chi connectivity index (χ2n) is 7.59. The van der Waals surface area contributed by atoms with Crippen molar-refractivity contribution in [3.8, 4) is 0 Å². The Balaban J connectivity index is 0.00000261. The number of carbonyl (C=O) groups is 1. The van der Waals surface area contributed by atoms with Gasteiger partial charge in [-0.05, 0) is 50.3 Å². The van der Waals surface area contributed by atoms with Gasteiger partial charge in [0.2, 0.25) is 10.0 Å². The number of rotatable bonds is 5. The average Bonchev–Trinajstić information content (AvgIpc) is 3.11. The Morgan fingerprint density at radius 1 is 1.15 bits per heavy atom. The van der Waals surface area contributed by atoms with Crippen LogP contribution in [0.5, 0.6) is 0 Å². The standard InChI is InChI=1S/C19H29N3O3S.ClH/c1-15-7-8-16(18(23)21-19(14-20)9-3-4-10-19)13-17(15)26(24,25)22-11-5-2-6-12-22;/h7-8,13H,2-6,9-12,14,20H2,1H3,(H,21,23);1H. The van der Waals surface area contributed by atoms with E-state index < -0.39 is 10.0 Å². The van der Waals surface area contributed by atoms with Crippen LogP contribution in [0.4, 0.5) is 0 Å². The molecule has 1 saturated heterocycles. The van der Waals surface area contributed by atoms with Crippen molar-refractivity contribution in [2.24, 2.45) is 5.73 Å². The minimum Gasteiger partial charge on any atom is -0.345 e. The van der Waals surface area contributed by atoms with E-state index in [1.807, 2.05) is 0 Å². The van der Waals surface area contributed by atoms with E-state index in [4.69, 9.17) is 5.73 Å². The molecule has 0 radical (unpaired) electrons. The number of hydrogen-bond acceptors (Lipinski definition) is 4. The number of aryl methyl sites for hydroxylation is 1. The number of carbonyl (C=O) groups excluding carboxylic acids is 1. The van der Waals surface area contributed by atoms with Gasteiger partial charge >= 0.3 is 0 Å². The van der Waals surface area contributed by atoms with Crippen LogP contribution in [0, 0.1) is 6.92 Å². The van der Waals surface area contributed by atoms with Crippen LogP contribution >= 0.6 is 12.4 Å². The van der Waals surface area contributed by atoms with E-state index in [-0.39, 0.29) is 28.7 Å². The molecule has 0 atom stereocenters. The Morgan fingerprint density at radius 2 is 1.78 bits per heavy atom. The van der Waals surface area contributed by atoms with E-state index in [9.17, 15) is 13.2 Å². The number of sulfonamides is 1. The molecule has 152 valence electrons. The Labute approximate surface area is 168 Å². The van der Waals surface area contributed by atoms with E-state index in [1.54, 1.807) is 23.4 Å². The smallest absolute Gasteiger partial charge is 0.251 e. The molecule has 1 amide bonds. The predicted octanol–water partition coefficient (Wildman–Crippen LogP) is 2.59. The highest BCUT2D eigenvalue weighted by atomic mass is 35.5. The van der Waals surface area contributed by atoms with E-state index in [0.717, 1.165) is 44.9 Å². The third kappa shape index (κ3) is 4.65. The maximum absolute atomic E-state index is 13.0. The van der Waals surface area contributed by atoms with Crippen molar-refractivity contribution in [3.63, 3.8) is 0 Å². The number of nitrogens with zero attached hydrogens (tertiary/aromatic N) is 1. The lowest BCUT2D eigenvalue weighted by Crippen LogP contribution is -2.51. The van der Waals surface area contributed by atoms with Crippen molar-refractivity contribution in [3.05, 3.63) is 29.3 Å². The Kier molecular flexibility index (Phi) is 7.30. The Morgan fingerprint density at radius 3 is 2.37 bits per heavy atom. The molecule has 0 bridgehead atoms. The summed E-state index contributed by atoms with van der Waals surface area (Å²) in [6.07, 6.45) is 6.70. The van der Waals surface area contributed by atoms with E-state index in [2.05, 4.69) is 5.32 Å². The zero-order valence-corrected chi connectivity index (χ0v) is 17.5. The molecule has 1 saturated carbocycles. The maximum atomic E-state index is 13.0. The topological polar surface area (TPSA) is 92.5 Å². The number of nitrogens with one attached hydrogen (secondary N) is 1. The Hall–Kier alpha value is -1.15. The lowest BCUT2D eigenvalue weighted by Gasteiger charge is -2.29. The molecule has 0 aromatic heterocycles. The van der Waals surface area contributed by atoms with Gasteiger partial charge in [0.05, 0.1) is 10.4 Å². The van der Waals surface area contributed by atoms with Gasteiger partial charge in [-0.1, -0.05) is 25.3 Å².